The zero-order valence-corrected chi connectivity index (χ0v) is 19.2. The zero-order chi connectivity index (χ0) is 23.3. The predicted molar refractivity (Wildman–Crippen MR) is 121 cm³/mol. The summed E-state index contributed by atoms with van der Waals surface area (Å²) in [6, 6.07) is 13.3. The Morgan fingerprint density at radius 2 is 1.59 bits per heavy atom. The lowest BCUT2D eigenvalue weighted by molar-refractivity contribution is -0.134. The van der Waals surface area contributed by atoms with Gasteiger partial charge in [0.2, 0.25) is 15.9 Å². The fourth-order valence-corrected chi connectivity index (χ4v) is 4.90. The van der Waals surface area contributed by atoms with Crippen LogP contribution in [0, 0.1) is 0 Å². The number of sulfonamides is 1. The van der Waals surface area contributed by atoms with E-state index in [1.807, 2.05) is 12.1 Å². The molecule has 1 saturated heterocycles. The molecule has 0 saturated carbocycles. The number of rotatable bonds is 8. The maximum absolute atomic E-state index is 13.0. The molecule has 1 aliphatic heterocycles. The van der Waals surface area contributed by atoms with E-state index in [2.05, 4.69) is 13.8 Å². The Bertz CT molecular complexity index is 1040. The molecule has 0 radical (unpaired) electrons. The summed E-state index contributed by atoms with van der Waals surface area (Å²) in [7, 11) is -3.60. The number of hydrogen-bond acceptors (Lipinski definition) is 5. The van der Waals surface area contributed by atoms with E-state index in [4.69, 9.17) is 10.5 Å². The first-order valence-corrected chi connectivity index (χ1v) is 12.1. The summed E-state index contributed by atoms with van der Waals surface area (Å²) in [5, 5.41) is 0. The third-order valence-electron chi connectivity index (χ3n) is 5.79. The molecule has 172 valence electrons. The molecule has 1 heterocycles. The van der Waals surface area contributed by atoms with Crippen molar-refractivity contribution in [2.45, 2.75) is 31.1 Å². The minimum absolute atomic E-state index is 0.167. The molecule has 2 aromatic rings. The molecule has 9 heteroatoms. The van der Waals surface area contributed by atoms with E-state index in [9.17, 15) is 18.0 Å². The topological polar surface area (TPSA) is 110 Å². The largest absolute Gasteiger partial charge is 0.484 e. The standard InChI is InChI=1S/C23H29N3O5S/c1-3-17(2)18-6-10-21(11-7-18)32(29,30)26-14-12-25(13-15-26)22(27)16-31-20-8-4-19(5-9-20)23(24)28/h4-11,17H,3,12-16H2,1-2H3,(H2,24,28). The monoisotopic (exact) mass is 459 g/mol. The van der Waals surface area contributed by atoms with Gasteiger partial charge in [-0.25, -0.2) is 8.42 Å². The first-order chi connectivity index (χ1) is 15.2. The molecule has 1 unspecified atom stereocenters. The first kappa shape index (κ1) is 23.7. The molecule has 8 nitrogen and oxygen atoms in total. The average Bonchev–Trinajstić information content (AvgIpc) is 2.82. The fraction of sp³-hybridized carbons (Fsp3) is 0.391. The van der Waals surface area contributed by atoms with Crippen LogP contribution in [0.4, 0.5) is 0 Å². The van der Waals surface area contributed by atoms with Gasteiger partial charge in [0.05, 0.1) is 4.90 Å². The Morgan fingerprint density at radius 3 is 2.12 bits per heavy atom. The Labute approximate surface area is 189 Å². The van der Waals surface area contributed by atoms with Crippen LogP contribution in [0.3, 0.4) is 0 Å². The van der Waals surface area contributed by atoms with Crippen molar-refractivity contribution >= 4 is 21.8 Å². The first-order valence-electron chi connectivity index (χ1n) is 10.6. The molecule has 0 aromatic heterocycles. The highest BCUT2D eigenvalue weighted by molar-refractivity contribution is 7.89. The molecule has 3 rings (SSSR count). The smallest absolute Gasteiger partial charge is 0.260 e. The SMILES string of the molecule is CCC(C)c1ccc(S(=O)(=O)N2CCN(C(=O)COc3ccc(C(N)=O)cc3)CC2)cc1. The van der Waals surface area contributed by atoms with Gasteiger partial charge >= 0.3 is 0 Å². The molecule has 0 bridgehead atoms. The van der Waals surface area contributed by atoms with E-state index in [0.717, 1.165) is 12.0 Å². The summed E-state index contributed by atoms with van der Waals surface area (Å²) < 4.78 is 32.8. The summed E-state index contributed by atoms with van der Waals surface area (Å²) in [5.74, 6) is 0.0702. The molecule has 2 amide bonds. The van der Waals surface area contributed by atoms with E-state index in [1.165, 1.54) is 16.4 Å². The summed E-state index contributed by atoms with van der Waals surface area (Å²) >= 11 is 0. The molecule has 1 atom stereocenters. The number of nitrogens with zero attached hydrogens (tertiary/aromatic N) is 2. The predicted octanol–water partition coefficient (Wildman–Crippen LogP) is 2.21. The molecule has 0 spiro atoms. The van der Waals surface area contributed by atoms with Crippen LogP contribution in [0.25, 0.3) is 0 Å². The van der Waals surface area contributed by atoms with Gasteiger partial charge in [0.25, 0.3) is 5.91 Å². The third-order valence-corrected chi connectivity index (χ3v) is 7.70. The summed E-state index contributed by atoms with van der Waals surface area (Å²) in [6.45, 7) is 5.10. The number of piperazine rings is 1. The lowest BCUT2D eigenvalue weighted by Gasteiger charge is -2.34. The van der Waals surface area contributed by atoms with Crippen LogP contribution in [0.1, 0.15) is 42.1 Å². The highest BCUT2D eigenvalue weighted by Gasteiger charge is 2.30. The molecule has 2 aromatic carbocycles. The van der Waals surface area contributed by atoms with Gasteiger partial charge in [0.1, 0.15) is 5.75 Å². The molecule has 0 aliphatic carbocycles. The maximum atomic E-state index is 13.0. The molecule has 1 aliphatic rings. The molecule has 32 heavy (non-hydrogen) atoms. The lowest BCUT2D eigenvalue weighted by atomic mass is 9.99. The normalized spacial score (nSPS) is 15.9. The van der Waals surface area contributed by atoms with Gasteiger partial charge in [0, 0.05) is 31.7 Å². The van der Waals surface area contributed by atoms with Gasteiger partial charge in [-0.05, 0) is 54.3 Å². The van der Waals surface area contributed by atoms with Crippen LogP contribution in [-0.2, 0) is 14.8 Å². The second-order valence-corrected chi connectivity index (χ2v) is 9.78. The number of ether oxygens (including phenoxy) is 1. The van der Waals surface area contributed by atoms with Gasteiger partial charge in [-0.15, -0.1) is 0 Å². The number of carbonyl (C=O) groups excluding carboxylic acids is 2. The van der Waals surface area contributed by atoms with Crippen molar-refractivity contribution in [2.24, 2.45) is 5.73 Å². The van der Waals surface area contributed by atoms with E-state index in [1.54, 1.807) is 29.2 Å². The average molecular weight is 460 g/mol. The van der Waals surface area contributed by atoms with Crippen LogP contribution in [-0.4, -0.2) is 62.2 Å². The van der Waals surface area contributed by atoms with E-state index in [0.29, 0.717) is 30.3 Å². The van der Waals surface area contributed by atoms with Crippen molar-refractivity contribution in [3.8, 4) is 5.75 Å². The van der Waals surface area contributed by atoms with Gasteiger partial charge in [0.15, 0.2) is 6.61 Å². The van der Waals surface area contributed by atoms with Crippen LogP contribution < -0.4 is 10.5 Å². The van der Waals surface area contributed by atoms with Crippen molar-refractivity contribution in [3.05, 3.63) is 59.7 Å². The molecule has 2 N–H and O–H groups in total. The number of hydrogen-bond donors (Lipinski definition) is 1. The number of nitrogens with two attached hydrogens (primary N) is 1. The van der Waals surface area contributed by atoms with E-state index < -0.39 is 15.9 Å². The van der Waals surface area contributed by atoms with Gasteiger partial charge in [-0.1, -0.05) is 26.0 Å². The highest BCUT2D eigenvalue weighted by atomic mass is 32.2. The Morgan fingerprint density at radius 1 is 1.00 bits per heavy atom. The van der Waals surface area contributed by atoms with Crippen molar-refractivity contribution < 1.29 is 22.7 Å². The van der Waals surface area contributed by atoms with Crippen LogP contribution in [0.15, 0.2) is 53.4 Å². The van der Waals surface area contributed by atoms with Gasteiger partial charge < -0.3 is 15.4 Å². The van der Waals surface area contributed by atoms with Crippen LogP contribution in [0.5, 0.6) is 5.75 Å². The van der Waals surface area contributed by atoms with Crippen molar-refractivity contribution in [2.75, 3.05) is 32.8 Å². The molecular formula is C23H29N3O5S. The van der Waals surface area contributed by atoms with Crippen LogP contribution >= 0.6 is 0 Å². The highest BCUT2D eigenvalue weighted by Crippen LogP contribution is 2.23. The zero-order valence-electron chi connectivity index (χ0n) is 18.4. The van der Waals surface area contributed by atoms with E-state index >= 15 is 0 Å². The Hall–Kier alpha value is -2.91. The Balaban J connectivity index is 1.53. The van der Waals surface area contributed by atoms with Gasteiger partial charge in [-0.3, -0.25) is 9.59 Å². The van der Waals surface area contributed by atoms with E-state index in [-0.39, 0.29) is 30.5 Å². The molecule has 1 fully saturated rings. The summed E-state index contributed by atoms with van der Waals surface area (Å²) in [4.78, 5) is 25.4. The quantitative estimate of drug-likeness (QED) is 0.651. The minimum atomic E-state index is -3.60. The lowest BCUT2D eigenvalue weighted by Crippen LogP contribution is -2.51. The summed E-state index contributed by atoms with van der Waals surface area (Å²) in [5.41, 5.74) is 6.67. The minimum Gasteiger partial charge on any atom is -0.484 e. The number of benzene rings is 2. The number of primary amides is 1. The maximum Gasteiger partial charge on any atom is 0.260 e. The second-order valence-electron chi connectivity index (χ2n) is 7.84. The fourth-order valence-electron chi connectivity index (χ4n) is 3.48. The molecular weight excluding hydrogens is 430 g/mol. The second kappa shape index (κ2) is 10.1. The van der Waals surface area contributed by atoms with Gasteiger partial charge in [-0.2, -0.15) is 4.31 Å². The van der Waals surface area contributed by atoms with Crippen LogP contribution in [0.2, 0.25) is 0 Å². The van der Waals surface area contributed by atoms with Crippen molar-refractivity contribution in [1.29, 1.82) is 0 Å². The third kappa shape index (κ3) is 5.46. The number of carbonyl (C=O) groups is 2. The number of amides is 2. The Kier molecular flexibility index (Phi) is 7.52. The van der Waals surface area contributed by atoms with Crippen molar-refractivity contribution in [3.63, 3.8) is 0 Å². The van der Waals surface area contributed by atoms with Crippen molar-refractivity contribution in [1.82, 2.24) is 9.21 Å². The summed E-state index contributed by atoms with van der Waals surface area (Å²) in [6.07, 6.45) is 0.991.